The third-order valence-electron chi connectivity index (χ3n) is 7.13. The topological polar surface area (TPSA) is 96.0 Å². The number of rotatable bonds is 13. The molecule has 0 aliphatic rings. The minimum absolute atomic E-state index is 0.0274. The molecule has 0 unspecified atom stereocenters. The van der Waals surface area contributed by atoms with E-state index in [2.05, 4.69) is 5.32 Å². The summed E-state index contributed by atoms with van der Waals surface area (Å²) in [5.41, 5.74) is 2.93. The fourth-order valence-corrected chi connectivity index (χ4v) is 6.20. The van der Waals surface area contributed by atoms with Gasteiger partial charge in [0, 0.05) is 12.6 Å². The van der Waals surface area contributed by atoms with Gasteiger partial charge in [-0.1, -0.05) is 73.0 Å². The van der Waals surface area contributed by atoms with Crippen LogP contribution in [0.4, 0.5) is 5.69 Å². The molecule has 0 bridgehead atoms. The molecule has 0 heterocycles. The summed E-state index contributed by atoms with van der Waals surface area (Å²) in [4.78, 5) is 29.1. The second kappa shape index (κ2) is 14.6. The Balaban J connectivity index is 2.10. The summed E-state index contributed by atoms with van der Waals surface area (Å²) in [7, 11) is -2.74. The highest BCUT2D eigenvalue weighted by molar-refractivity contribution is 7.92. The molecule has 3 aromatic rings. The molecule has 42 heavy (non-hydrogen) atoms. The van der Waals surface area contributed by atoms with E-state index in [1.54, 1.807) is 24.3 Å². The average Bonchev–Trinajstić information content (AvgIpc) is 2.95. The lowest BCUT2D eigenvalue weighted by Gasteiger charge is -2.34. The number of carbonyl (C=O) groups excluding carboxylic acids is 2. The number of hydrogen-bond acceptors (Lipinski definition) is 5. The number of nitrogens with one attached hydrogen (secondary N) is 1. The molecular weight excluding hydrogens is 574 g/mol. The zero-order valence-electron chi connectivity index (χ0n) is 25.1. The van der Waals surface area contributed by atoms with Crippen molar-refractivity contribution in [3.63, 3.8) is 0 Å². The molecule has 8 nitrogen and oxygen atoms in total. The molecule has 0 radical (unpaired) electrons. The van der Waals surface area contributed by atoms with Crippen molar-refractivity contribution in [2.24, 2.45) is 0 Å². The lowest BCUT2D eigenvalue weighted by molar-refractivity contribution is -0.140. The van der Waals surface area contributed by atoms with Gasteiger partial charge in [-0.3, -0.25) is 13.9 Å². The summed E-state index contributed by atoms with van der Waals surface area (Å²) < 4.78 is 34.3. The molecule has 0 spiro atoms. The second-order valence-corrected chi connectivity index (χ2v) is 12.7. The number of halogens is 1. The van der Waals surface area contributed by atoms with Gasteiger partial charge in [0.15, 0.2) is 0 Å². The van der Waals surface area contributed by atoms with Crippen LogP contribution in [0.1, 0.15) is 50.3 Å². The number of hydrogen-bond donors (Lipinski definition) is 1. The average molecular weight is 614 g/mol. The minimum atomic E-state index is -4.21. The van der Waals surface area contributed by atoms with Gasteiger partial charge in [-0.25, -0.2) is 8.42 Å². The SMILES string of the molecule is CC[C@@H](C)NC(=O)[C@@H](CC)N(Cc1cccc(C)c1)C(=O)CN(c1ccc(OC)c(Cl)c1)S(=O)(=O)c1ccc(C)cc1. The largest absolute Gasteiger partial charge is 0.495 e. The molecule has 0 saturated heterocycles. The van der Waals surface area contributed by atoms with Gasteiger partial charge in [-0.2, -0.15) is 0 Å². The van der Waals surface area contributed by atoms with Crippen molar-refractivity contribution in [2.45, 2.75) is 71.0 Å². The Morgan fingerprint density at radius 1 is 0.952 bits per heavy atom. The molecule has 0 aliphatic heterocycles. The number of aryl methyl sites for hydroxylation is 2. The number of anilines is 1. The summed E-state index contributed by atoms with van der Waals surface area (Å²) >= 11 is 6.39. The quantitative estimate of drug-likeness (QED) is 0.260. The van der Waals surface area contributed by atoms with E-state index in [9.17, 15) is 18.0 Å². The third-order valence-corrected chi connectivity index (χ3v) is 9.22. The van der Waals surface area contributed by atoms with E-state index in [-0.39, 0.29) is 34.1 Å². The van der Waals surface area contributed by atoms with Crippen LogP contribution >= 0.6 is 11.6 Å². The van der Waals surface area contributed by atoms with E-state index in [1.165, 1.54) is 30.2 Å². The molecule has 0 aromatic heterocycles. The lowest BCUT2D eigenvalue weighted by atomic mass is 10.1. The van der Waals surface area contributed by atoms with Crippen molar-refractivity contribution in [3.8, 4) is 5.75 Å². The van der Waals surface area contributed by atoms with Crippen LogP contribution in [0.2, 0.25) is 5.02 Å². The zero-order chi connectivity index (χ0) is 31.0. The van der Waals surface area contributed by atoms with Gasteiger partial charge < -0.3 is 15.0 Å². The number of methoxy groups -OCH3 is 1. The van der Waals surface area contributed by atoms with Gasteiger partial charge in [0.05, 0.1) is 22.7 Å². The Morgan fingerprint density at radius 2 is 1.64 bits per heavy atom. The second-order valence-electron chi connectivity index (χ2n) is 10.4. The Morgan fingerprint density at radius 3 is 2.21 bits per heavy atom. The van der Waals surface area contributed by atoms with Crippen LogP contribution in [0.25, 0.3) is 0 Å². The first-order valence-corrected chi connectivity index (χ1v) is 15.8. The van der Waals surface area contributed by atoms with Crippen LogP contribution in [0.3, 0.4) is 0 Å². The molecule has 0 saturated carbocycles. The molecule has 0 fully saturated rings. The first-order valence-electron chi connectivity index (χ1n) is 14.0. The van der Waals surface area contributed by atoms with E-state index < -0.39 is 28.5 Å². The summed E-state index contributed by atoms with van der Waals surface area (Å²) in [6.45, 7) is 9.11. The number of sulfonamides is 1. The number of carbonyl (C=O) groups is 2. The molecule has 10 heteroatoms. The van der Waals surface area contributed by atoms with E-state index in [4.69, 9.17) is 16.3 Å². The number of benzene rings is 3. The zero-order valence-corrected chi connectivity index (χ0v) is 26.6. The Kier molecular flexibility index (Phi) is 11.4. The molecule has 2 amide bonds. The lowest BCUT2D eigenvalue weighted by Crippen LogP contribution is -2.53. The summed E-state index contributed by atoms with van der Waals surface area (Å²) in [5.74, 6) is -0.438. The van der Waals surface area contributed by atoms with Crippen LogP contribution in [0.5, 0.6) is 5.75 Å². The number of nitrogens with zero attached hydrogens (tertiary/aromatic N) is 2. The van der Waals surface area contributed by atoms with Gasteiger partial charge in [-0.15, -0.1) is 0 Å². The summed E-state index contributed by atoms with van der Waals surface area (Å²) in [6.07, 6.45) is 1.08. The monoisotopic (exact) mass is 613 g/mol. The predicted octanol–water partition coefficient (Wildman–Crippen LogP) is 5.88. The molecule has 0 aliphatic carbocycles. The maximum absolute atomic E-state index is 14.2. The molecular formula is C32H40ClN3O5S. The van der Waals surface area contributed by atoms with E-state index in [1.807, 2.05) is 58.9 Å². The first-order chi connectivity index (χ1) is 19.9. The molecule has 1 N–H and O–H groups in total. The molecule has 226 valence electrons. The highest BCUT2D eigenvalue weighted by atomic mass is 35.5. The maximum Gasteiger partial charge on any atom is 0.264 e. The fourth-order valence-electron chi connectivity index (χ4n) is 4.54. The van der Waals surface area contributed by atoms with E-state index >= 15 is 0 Å². The van der Waals surface area contributed by atoms with Crippen molar-refractivity contribution in [1.29, 1.82) is 0 Å². The van der Waals surface area contributed by atoms with Crippen LogP contribution in [0.15, 0.2) is 71.6 Å². The van der Waals surface area contributed by atoms with Crippen molar-refractivity contribution in [2.75, 3.05) is 18.0 Å². The van der Waals surface area contributed by atoms with E-state index in [0.717, 1.165) is 27.4 Å². The molecule has 3 aromatic carbocycles. The third kappa shape index (κ3) is 8.04. The van der Waals surface area contributed by atoms with Crippen molar-refractivity contribution in [3.05, 3.63) is 88.4 Å². The number of amides is 2. The Labute approximate surface area is 254 Å². The highest BCUT2D eigenvalue weighted by Gasteiger charge is 2.34. The van der Waals surface area contributed by atoms with Crippen LogP contribution < -0.4 is 14.4 Å². The van der Waals surface area contributed by atoms with Gasteiger partial charge in [0.25, 0.3) is 10.0 Å². The van der Waals surface area contributed by atoms with Gasteiger partial charge in [0.1, 0.15) is 18.3 Å². The molecule has 2 atom stereocenters. The standard InChI is InChI=1S/C32H40ClN3O5S/c1-7-24(5)34-32(38)29(8-2)35(20-25-11-9-10-23(4)18-25)31(37)21-36(26-14-17-30(41-6)28(33)19-26)42(39,40)27-15-12-22(3)13-16-27/h9-19,24,29H,7-8,20-21H2,1-6H3,(H,34,38)/t24-,29-/m1/s1. The minimum Gasteiger partial charge on any atom is -0.495 e. The van der Waals surface area contributed by atoms with Crippen LogP contribution in [0, 0.1) is 13.8 Å². The predicted molar refractivity (Wildman–Crippen MR) is 167 cm³/mol. The smallest absolute Gasteiger partial charge is 0.264 e. The molecule has 3 rings (SSSR count). The van der Waals surface area contributed by atoms with Gasteiger partial charge in [-0.05, 0) is 69.5 Å². The van der Waals surface area contributed by atoms with Gasteiger partial charge >= 0.3 is 0 Å². The van der Waals surface area contributed by atoms with Crippen molar-refractivity contribution >= 4 is 39.1 Å². The normalized spacial score (nSPS) is 12.7. The van der Waals surface area contributed by atoms with Crippen molar-refractivity contribution < 1.29 is 22.7 Å². The Hall–Kier alpha value is -3.56. The Bertz CT molecular complexity index is 1490. The van der Waals surface area contributed by atoms with Crippen molar-refractivity contribution in [1.82, 2.24) is 10.2 Å². The van der Waals surface area contributed by atoms with Gasteiger partial charge in [0.2, 0.25) is 11.8 Å². The number of ether oxygens (including phenoxy) is 1. The summed E-state index contributed by atoms with van der Waals surface area (Å²) in [6, 6.07) is 17.7. The highest BCUT2D eigenvalue weighted by Crippen LogP contribution is 2.32. The van der Waals surface area contributed by atoms with Crippen LogP contribution in [-0.2, 0) is 26.2 Å². The maximum atomic E-state index is 14.2. The first kappa shape index (κ1) is 32.9. The van der Waals surface area contributed by atoms with E-state index in [0.29, 0.717) is 12.2 Å². The fraction of sp³-hybridized carbons (Fsp3) is 0.375. The summed E-state index contributed by atoms with van der Waals surface area (Å²) in [5, 5.41) is 3.18. The van der Waals surface area contributed by atoms with Crippen LogP contribution in [-0.4, -0.2) is 50.9 Å².